The third-order valence-electron chi connectivity index (χ3n) is 4.57. The Morgan fingerprint density at radius 1 is 1.16 bits per heavy atom. The molecular formula is C22H24F2N4O2S. The Labute approximate surface area is 183 Å². The second kappa shape index (κ2) is 10.4. The number of halogens is 2. The van der Waals surface area contributed by atoms with E-state index >= 15 is 0 Å². The van der Waals surface area contributed by atoms with Crippen LogP contribution in [0.15, 0.2) is 52.6 Å². The van der Waals surface area contributed by atoms with Gasteiger partial charge in [0, 0.05) is 36.3 Å². The molecule has 0 atom stereocenters. The van der Waals surface area contributed by atoms with Gasteiger partial charge < -0.3 is 15.0 Å². The van der Waals surface area contributed by atoms with E-state index in [1.54, 1.807) is 12.4 Å². The fourth-order valence-corrected chi connectivity index (χ4v) is 4.40. The lowest BCUT2D eigenvalue weighted by molar-refractivity contribution is 0.157. The topological polar surface area (TPSA) is 83.0 Å². The van der Waals surface area contributed by atoms with Crippen molar-refractivity contribution < 1.29 is 18.3 Å². The number of ether oxygens (including phenoxy) is 1. The van der Waals surface area contributed by atoms with Gasteiger partial charge in [-0.05, 0) is 42.2 Å². The summed E-state index contributed by atoms with van der Waals surface area (Å²) in [5, 5.41) is 0.808. The first-order chi connectivity index (χ1) is 14.8. The van der Waals surface area contributed by atoms with Crippen LogP contribution in [-0.2, 0) is 24.1 Å². The first-order valence-electron chi connectivity index (χ1n) is 9.88. The van der Waals surface area contributed by atoms with E-state index in [9.17, 15) is 13.6 Å². The van der Waals surface area contributed by atoms with Crippen LogP contribution in [0.3, 0.4) is 0 Å². The predicted octanol–water partition coefficient (Wildman–Crippen LogP) is 4.71. The third-order valence-corrected chi connectivity index (χ3v) is 5.66. The van der Waals surface area contributed by atoms with Gasteiger partial charge in [-0.3, -0.25) is 4.98 Å². The highest BCUT2D eigenvalue weighted by atomic mass is 32.2. The maximum atomic E-state index is 13.8. The quantitative estimate of drug-likeness (QED) is 0.515. The summed E-state index contributed by atoms with van der Waals surface area (Å²) in [6.45, 7) is 4.71. The van der Waals surface area contributed by atoms with Crippen LogP contribution in [0.5, 0.6) is 0 Å². The molecule has 0 aliphatic carbocycles. The molecule has 0 spiro atoms. The van der Waals surface area contributed by atoms with Crippen LogP contribution in [0.1, 0.15) is 36.8 Å². The molecule has 0 unspecified atom stereocenters. The SMILES string of the molecule is CC(C)c1nc(CCOC(N)=O)n(CCc2ccncc2)c1Sc1cc(F)cc(F)c1. The minimum absolute atomic E-state index is 0.0823. The van der Waals surface area contributed by atoms with Gasteiger partial charge in [0.2, 0.25) is 0 Å². The molecule has 0 saturated heterocycles. The van der Waals surface area contributed by atoms with E-state index < -0.39 is 17.7 Å². The van der Waals surface area contributed by atoms with Crippen LogP contribution in [0.25, 0.3) is 0 Å². The van der Waals surface area contributed by atoms with Crippen molar-refractivity contribution in [1.29, 1.82) is 0 Å². The summed E-state index contributed by atoms with van der Waals surface area (Å²) in [5.74, 6) is -0.463. The maximum Gasteiger partial charge on any atom is 0.404 e. The largest absolute Gasteiger partial charge is 0.449 e. The smallest absolute Gasteiger partial charge is 0.404 e. The minimum Gasteiger partial charge on any atom is -0.449 e. The monoisotopic (exact) mass is 446 g/mol. The normalized spacial score (nSPS) is 11.1. The molecule has 0 fully saturated rings. The minimum atomic E-state index is -0.844. The standard InChI is InChI=1S/C22H24F2N4O2S/c1-14(2)20-21(31-18-12-16(23)11-17(24)13-18)28(9-5-15-3-7-26-8-4-15)19(27-20)6-10-30-22(25)29/h3-4,7-8,11-14H,5-6,9-10H2,1-2H3,(H2,25,29). The molecule has 0 aliphatic rings. The number of benzene rings is 1. The van der Waals surface area contributed by atoms with Crippen LogP contribution in [-0.4, -0.2) is 27.2 Å². The number of aromatic nitrogens is 3. The summed E-state index contributed by atoms with van der Waals surface area (Å²) in [6.07, 6.45) is 3.71. The number of hydrogen-bond acceptors (Lipinski definition) is 5. The molecule has 0 aliphatic heterocycles. The maximum absolute atomic E-state index is 13.8. The van der Waals surface area contributed by atoms with Crippen LogP contribution in [0.2, 0.25) is 0 Å². The molecule has 6 nitrogen and oxygen atoms in total. The number of pyridine rings is 1. The molecule has 2 aromatic heterocycles. The van der Waals surface area contributed by atoms with Gasteiger partial charge in [0.25, 0.3) is 0 Å². The first-order valence-corrected chi connectivity index (χ1v) is 10.7. The molecule has 3 aromatic rings. The summed E-state index contributed by atoms with van der Waals surface area (Å²) in [7, 11) is 0. The number of primary amides is 1. The second-order valence-electron chi connectivity index (χ2n) is 7.25. The molecule has 1 aromatic carbocycles. The van der Waals surface area contributed by atoms with Gasteiger partial charge in [-0.25, -0.2) is 18.6 Å². The molecule has 2 N–H and O–H groups in total. The van der Waals surface area contributed by atoms with E-state index in [0.717, 1.165) is 28.2 Å². The number of carbonyl (C=O) groups excluding carboxylic acids is 1. The number of aryl methyl sites for hydroxylation is 1. The Kier molecular flexibility index (Phi) is 7.62. The summed E-state index contributed by atoms with van der Waals surface area (Å²) < 4.78 is 34.4. The van der Waals surface area contributed by atoms with Crippen molar-refractivity contribution in [1.82, 2.24) is 14.5 Å². The average molecular weight is 447 g/mol. The molecule has 164 valence electrons. The Bertz CT molecular complexity index is 1020. The predicted molar refractivity (Wildman–Crippen MR) is 114 cm³/mol. The Balaban J connectivity index is 1.97. The van der Waals surface area contributed by atoms with Crippen molar-refractivity contribution in [2.24, 2.45) is 5.73 Å². The highest BCUT2D eigenvalue weighted by Gasteiger charge is 2.21. The van der Waals surface area contributed by atoms with Crippen LogP contribution in [0, 0.1) is 11.6 Å². The molecule has 0 radical (unpaired) electrons. The van der Waals surface area contributed by atoms with Crippen molar-refractivity contribution in [2.45, 2.75) is 49.1 Å². The van der Waals surface area contributed by atoms with Gasteiger partial charge in [0.1, 0.15) is 29.1 Å². The van der Waals surface area contributed by atoms with Crippen molar-refractivity contribution >= 4 is 17.9 Å². The molecule has 31 heavy (non-hydrogen) atoms. The number of hydrogen-bond donors (Lipinski definition) is 1. The molecule has 1 amide bonds. The number of nitrogens with zero attached hydrogens (tertiary/aromatic N) is 3. The fraction of sp³-hybridized carbons (Fsp3) is 0.318. The molecular weight excluding hydrogens is 422 g/mol. The number of carbonyl (C=O) groups is 1. The number of nitrogens with two attached hydrogens (primary N) is 1. The highest BCUT2D eigenvalue weighted by Crippen LogP contribution is 2.36. The van der Waals surface area contributed by atoms with Crippen LogP contribution in [0.4, 0.5) is 13.6 Å². The van der Waals surface area contributed by atoms with E-state index in [1.165, 1.54) is 23.9 Å². The number of imidazole rings is 1. The van der Waals surface area contributed by atoms with Gasteiger partial charge in [-0.1, -0.05) is 25.6 Å². The summed E-state index contributed by atoms with van der Waals surface area (Å²) >= 11 is 1.27. The van der Waals surface area contributed by atoms with Crippen molar-refractivity contribution in [2.75, 3.05) is 6.61 Å². The first kappa shape index (κ1) is 22.7. The van der Waals surface area contributed by atoms with Crippen molar-refractivity contribution in [3.63, 3.8) is 0 Å². The fourth-order valence-electron chi connectivity index (χ4n) is 3.14. The zero-order chi connectivity index (χ0) is 22.4. The van der Waals surface area contributed by atoms with Gasteiger partial charge in [0.15, 0.2) is 0 Å². The zero-order valence-corrected chi connectivity index (χ0v) is 18.2. The molecule has 2 heterocycles. The number of rotatable bonds is 9. The average Bonchev–Trinajstić information content (AvgIpc) is 3.03. The lowest BCUT2D eigenvalue weighted by atomic mass is 10.1. The van der Waals surface area contributed by atoms with Gasteiger partial charge in [-0.2, -0.15) is 0 Å². The van der Waals surface area contributed by atoms with Crippen molar-refractivity contribution in [3.05, 3.63) is 71.4 Å². The van der Waals surface area contributed by atoms with Crippen LogP contribution >= 0.6 is 11.8 Å². The zero-order valence-electron chi connectivity index (χ0n) is 17.3. The molecule has 0 saturated carbocycles. The van der Waals surface area contributed by atoms with E-state index in [0.29, 0.717) is 24.3 Å². The Hall–Kier alpha value is -2.94. The van der Waals surface area contributed by atoms with E-state index in [-0.39, 0.29) is 12.5 Å². The Morgan fingerprint density at radius 2 is 1.84 bits per heavy atom. The summed E-state index contributed by atoms with van der Waals surface area (Å²) in [5.41, 5.74) is 6.99. The second-order valence-corrected chi connectivity index (χ2v) is 8.32. The van der Waals surface area contributed by atoms with E-state index in [1.807, 2.05) is 30.5 Å². The Morgan fingerprint density at radius 3 is 2.45 bits per heavy atom. The highest BCUT2D eigenvalue weighted by molar-refractivity contribution is 7.99. The van der Waals surface area contributed by atoms with Crippen LogP contribution < -0.4 is 5.73 Å². The summed E-state index contributed by atoms with van der Waals surface area (Å²) in [6, 6.07) is 7.32. The van der Waals surface area contributed by atoms with Crippen molar-refractivity contribution in [3.8, 4) is 0 Å². The van der Waals surface area contributed by atoms with E-state index in [2.05, 4.69) is 4.98 Å². The van der Waals surface area contributed by atoms with Gasteiger partial charge >= 0.3 is 6.09 Å². The lowest BCUT2D eigenvalue weighted by Gasteiger charge is -2.14. The third kappa shape index (κ3) is 6.27. The molecule has 9 heteroatoms. The molecule has 3 rings (SSSR count). The van der Waals surface area contributed by atoms with Gasteiger partial charge in [0.05, 0.1) is 5.69 Å². The number of amides is 1. The summed E-state index contributed by atoms with van der Waals surface area (Å²) in [4.78, 5) is 20.2. The molecule has 0 bridgehead atoms. The van der Waals surface area contributed by atoms with E-state index in [4.69, 9.17) is 15.5 Å². The van der Waals surface area contributed by atoms with Gasteiger partial charge in [-0.15, -0.1) is 0 Å². The lowest BCUT2D eigenvalue weighted by Crippen LogP contribution is -2.16.